The summed E-state index contributed by atoms with van der Waals surface area (Å²) in [6.07, 6.45) is 7.25. The van der Waals surface area contributed by atoms with E-state index in [0.29, 0.717) is 24.3 Å². The maximum absolute atomic E-state index is 11.7. The summed E-state index contributed by atoms with van der Waals surface area (Å²) in [5.41, 5.74) is 0. The van der Waals surface area contributed by atoms with Gasteiger partial charge in [-0.1, -0.05) is 0 Å². The Bertz CT molecular complexity index is 547. The molecule has 0 bridgehead atoms. The Labute approximate surface area is 105 Å². The molecule has 17 heavy (non-hydrogen) atoms. The number of nitriles is 1. The van der Waals surface area contributed by atoms with E-state index in [4.69, 9.17) is 11.7 Å². The number of unbranched alkanes of at least 4 members (excludes halogenated alkanes) is 2. The monoisotopic (exact) mass is 268 g/mol. The zero-order valence-corrected chi connectivity index (χ0v) is 10.8. The molecule has 0 amide bonds. The molecule has 1 heterocycles. The van der Waals surface area contributed by atoms with Crippen molar-refractivity contribution in [2.24, 2.45) is 0 Å². The van der Waals surface area contributed by atoms with Crippen LogP contribution in [0.4, 0.5) is 0 Å². The summed E-state index contributed by atoms with van der Waals surface area (Å²) >= 11 is 0.964. The molecule has 0 aliphatic heterocycles. The summed E-state index contributed by atoms with van der Waals surface area (Å²) < 4.78 is 26.1. The molecule has 0 aliphatic carbocycles. The average Bonchev–Trinajstić information content (AvgIpc) is 2.78. The Morgan fingerprint density at radius 1 is 1.41 bits per heavy atom. The van der Waals surface area contributed by atoms with Gasteiger partial charge in [0.2, 0.25) is 10.0 Å². The highest BCUT2D eigenvalue weighted by atomic mass is 32.2. The van der Waals surface area contributed by atoms with E-state index in [1.807, 2.05) is 6.07 Å². The van der Waals surface area contributed by atoms with Crippen molar-refractivity contribution in [1.29, 1.82) is 5.26 Å². The SMILES string of the molecule is C#CCCCCNS(=O)(=O)c1ccc(C#N)s1. The summed E-state index contributed by atoms with van der Waals surface area (Å²) in [6.45, 7) is 0.365. The molecule has 0 aromatic carbocycles. The maximum atomic E-state index is 11.7. The lowest BCUT2D eigenvalue weighted by Gasteiger charge is -2.03. The number of terminal acetylenes is 1. The van der Waals surface area contributed by atoms with Crippen LogP contribution >= 0.6 is 11.3 Å². The predicted octanol–water partition coefficient (Wildman–Crippen LogP) is 1.70. The summed E-state index contributed by atoms with van der Waals surface area (Å²) in [5.74, 6) is 2.50. The van der Waals surface area contributed by atoms with Crippen LogP contribution in [0.25, 0.3) is 0 Å². The zero-order valence-electron chi connectivity index (χ0n) is 9.14. The first-order chi connectivity index (χ1) is 8.10. The third kappa shape index (κ3) is 4.20. The molecule has 1 N–H and O–H groups in total. The van der Waals surface area contributed by atoms with Crippen molar-refractivity contribution < 1.29 is 8.42 Å². The van der Waals surface area contributed by atoms with Crippen LogP contribution in [0.15, 0.2) is 16.3 Å². The normalized spacial score (nSPS) is 10.7. The van der Waals surface area contributed by atoms with Gasteiger partial charge in [0.25, 0.3) is 0 Å². The van der Waals surface area contributed by atoms with Crippen molar-refractivity contribution >= 4 is 21.4 Å². The van der Waals surface area contributed by atoms with Crippen LogP contribution in [0.2, 0.25) is 0 Å². The Morgan fingerprint density at radius 3 is 2.76 bits per heavy atom. The molecule has 0 fully saturated rings. The van der Waals surface area contributed by atoms with Crippen molar-refractivity contribution in [1.82, 2.24) is 4.72 Å². The van der Waals surface area contributed by atoms with E-state index in [2.05, 4.69) is 10.6 Å². The second-order valence-electron chi connectivity index (χ2n) is 3.29. The zero-order chi connectivity index (χ0) is 12.7. The van der Waals surface area contributed by atoms with E-state index < -0.39 is 10.0 Å². The summed E-state index contributed by atoms with van der Waals surface area (Å²) in [4.78, 5) is 0.387. The highest BCUT2D eigenvalue weighted by molar-refractivity contribution is 7.91. The number of nitrogens with one attached hydrogen (secondary N) is 1. The van der Waals surface area contributed by atoms with Crippen LogP contribution in [0.1, 0.15) is 24.1 Å². The maximum Gasteiger partial charge on any atom is 0.250 e. The molecule has 90 valence electrons. The lowest BCUT2D eigenvalue weighted by atomic mass is 10.2. The predicted molar refractivity (Wildman–Crippen MR) is 66.9 cm³/mol. The molecule has 1 rings (SSSR count). The van der Waals surface area contributed by atoms with Crippen LogP contribution in [-0.2, 0) is 10.0 Å². The lowest BCUT2D eigenvalue weighted by molar-refractivity contribution is 0.579. The van der Waals surface area contributed by atoms with Crippen molar-refractivity contribution in [3.63, 3.8) is 0 Å². The van der Waals surface area contributed by atoms with E-state index in [-0.39, 0.29) is 4.21 Å². The van der Waals surface area contributed by atoms with Gasteiger partial charge in [0.1, 0.15) is 15.2 Å². The quantitative estimate of drug-likeness (QED) is 0.630. The number of sulfonamides is 1. The number of nitrogens with zero attached hydrogens (tertiary/aromatic N) is 1. The third-order valence-electron chi connectivity index (χ3n) is 2.00. The minimum absolute atomic E-state index is 0.172. The van der Waals surface area contributed by atoms with E-state index in [1.54, 1.807) is 0 Å². The molecule has 0 atom stereocenters. The fourth-order valence-electron chi connectivity index (χ4n) is 1.15. The van der Waals surface area contributed by atoms with Crippen molar-refractivity contribution in [3.05, 3.63) is 17.0 Å². The van der Waals surface area contributed by atoms with Crippen LogP contribution in [0.5, 0.6) is 0 Å². The van der Waals surface area contributed by atoms with Crippen LogP contribution in [0.3, 0.4) is 0 Å². The van der Waals surface area contributed by atoms with Crippen LogP contribution in [0, 0.1) is 23.7 Å². The van der Waals surface area contributed by atoms with Gasteiger partial charge in [-0.25, -0.2) is 13.1 Å². The largest absolute Gasteiger partial charge is 0.250 e. The highest BCUT2D eigenvalue weighted by Crippen LogP contribution is 2.20. The van der Waals surface area contributed by atoms with E-state index in [0.717, 1.165) is 17.8 Å². The van der Waals surface area contributed by atoms with Crippen molar-refractivity contribution in [2.75, 3.05) is 6.54 Å². The molecule has 0 aliphatic rings. The molecule has 6 heteroatoms. The fourth-order valence-corrected chi connectivity index (χ4v) is 3.38. The van der Waals surface area contributed by atoms with Crippen LogP contribution < -0.4 is 4.72 Å². The van der Waals surface area contributed by atoms with Gasteiger partial charge in [-0.05, 0) is 25.0 Å². The highest BCUT2D eigenvalue weighted by Gasteiger charge is 2.15. The van der Waals surface area contributed by atoms with Gasteiger partial charge < -0.3 is 0 Å². The fraction of sp³-hybridized carbons (Fsp3) is 0.364. The molecule has 1 aromatic rings. The summed E-state index contributed by atoms with van der Waals surface area (Å²) in [7, 11) is -3.47. The van der Waals surface area contributed by atoms with Gasteiger partial charge >= 0.3 is 0 Å². The molecular formula is C11H12N2O2S2. The molecule has 0 radical (unpaired) electrons. The Kier molecular flexibility index (Phi) is 5.17. The number of rotatable bonds is 6. The van der Waals surface area contributed by atoms with E-state index in [9.17, 15) is 8.42 Å². The van der Waals surface area contributed by atoms with Crippen LogP contribution in [-0.4, -0.2) is 15.0 Å². The van der Waals surface area contributed by atoms with Gasteiger partial charge in [0.15, 0.2) is 0 Å². The molecule has 0 spiro atoms. The summed E-state index contributed by atoms with van der Waals surface area (Å²) in [6, 6.07) is 4.84. The number of hydrogen-bond acceptors (Lipinski definition) is 4. The second-order valence-corrected chi connectivity index (χ2v) is 6.37. The topological polar surface area (TPSA) is 70.0 Å². The lowest BCUT2D eigenvalue weighted by Crippen LogP contribution is -2.23. The van der Waals surface area contributed by atoms with Crippen molar-refractivity contribution in [2.45, 2.75) is 23.5 Å². The van der Waals surface area contributed by atoms with Gasteiger partial charge in [-0.15, -0.1) is 23.7 Å². The average molecular weight is 268 g/mol. The van der Waals surface area contributed by atoms with Gasteiger partial charge in [-0.3, -0.25) is 0 Å². The number of hydrogen-bond donors (Lipinski definition) is 1. The summed E-state index contributed by atoms with van der Waals surface area (Å²) in [5, 5.41) is 8.62. The minimum Gasteiger partial charge on any atom is -0.210 e. The molecule has 0 saturated carbocycles. The van der Waals surface area contributed by atoms with Gasteiger partial charge in [0.05, 0.1) is 0 Å². The molecule has 0 saturated heterocycles. The first-order valence-corrected chi connectivity index (χ1v) is 7.33. The molecule has 1 aromatic heterocycles. The van der Waals surface area contributed by atoms with Gasteiger partial charge in [-0.2, -0.15) is 5.26 Å². The Hall–Kier alpha value is -1.34. The molecule has 4 nitrogen and oxygen atoms in total. The smallest absolute Gasteiger partial charge is 0.210 e. The molecular weight excluding hydrogens is 256 g/mol. The first-order valence-electron chi connectivity index (χ1n) is 5.03. The third-order valence-corrected chi connectivity index (χ3v) is 4.94. The van der Waals surface area contributed by atoms with Crippen molar-refractivity contribution in [3.8, 4) is 18.4 Å². The van der Waals surface area contributed by atoms with E-state index in [1.165, 1.54) is 12.1 Å². The van der Waals surface area contributed by atoms with Gasteiger partial charge in [0, 0.05) is 13.0 Å². The standard InChI is InChI=1S/C11H12N2O2S2/c1-2-3-4-5-8-13-17(14,15)11-7-6-10(9-12)16-11/h1,6-7,13H,3-5,8H2. The molecule has 0 unspecified atom stereocenters. The Morgan fingerprint density at radius 2 is 2.18 bits per heavy atom. The first kappa shape index (κ1) is 13.7. The second kappa shape index (κ2) is 6.41. The minimum atomic E-state index is -3.47. The number of thiophene rings is 1. The van der Waals surface area contributed by atoms with E-state index >= 15 is 0 Å². The Balaban J connectivity index is 2.52.